The molecule has 0 radical (unpaired) electrons. The van der Waals surface area contributed by atoms with Crippen LogP contribution in [0, 0.1) is 6.92 Å². The number of aromatic nitrogens is 4. The Bertz CT molecular complexity index is 963. The van der Waals surface area contributed by atoms with E-state index in [1.807, 2.05) is 26.0 Å². The molecule has 1 aliphatic rings. The van der Waals surface area contributed by atoms with Crippen LogP contribution in [0.15, 0.2) is 30.6 Å². The van der Waals surface area contributed by atoms with E-state index in [1.54, 1.807) is 6.33 Å². The Morgan fingerprint density at radius 1 is 1.41 bits per heavy atom. The van der Waals surface area contributed by atoms with E-state index in [-0.39, 0.29) is 5.91 Å². The Morgan fingerprint density at radius 2 is 2.30 bits per heavy atom. The summed E-state index contributed by atoms with van der Waals surface area (Å²) < 4.78 is 2.11. The van der Waals surface area contributed by atoms with Crippen molar-refractivity contribution in [2.75, 3.05) is 17.2 Å². The molecule has 1 atom stereocenters. The van der Waals surface area contributed by atoms with Crippen LogP contribution in [0.2, 0.25) is 0 Å². The van der Waals surface area contributed by atoms with E-state index in [0.717, 1.165) is 48.3 Å². The summed E-state index contributed by atoms with van der Waals surface area (Å²) in [4.78, 5) is 17.7. The van der Waals surface area contributed by atoms with Gasteiger partial charge in [-0.25, -0.2) is 4.98 Å². The number of carbonyl (C=O) groups is 1. The van der Waals surface area contributed by atoms with Crippen molar-refractivity contribution in [2.45, 2.75) is 39.2 Å². The van der Waals surface area contributed by atoms with Crippen molar-refractivity contribution in [1.82, 2.24) is 19.7 Å². The monoisotopic (exact) mass is 382 g/mol. The molecule has 3 aromatic rings. The Labute approximate surface area is 161 Å². The number of aryl methyl sites for hydroxylation is 2. The third kappa shape index (κ3) is 3.71. The summed E-state index contributed by atoms with van der Waals surface area (Å²) in [5.74, 6) is 1.33. The van der Waals surface area contributed by atoms with Gasteiger partial charge in [0.15, 0.2) is 5.13 Å². The van der Waals surface area contributed by atoms with Crippen LogP contribution < -0.4 is 10.6 Å². The Morgan fingerprint density at radius 3 is 3.15 bits per heavy atom. The topological polar surface area (TPSA) is 84.7 Å². The SMILES string of the molecule is CCNc1nc(C)c(C(=O)Nc2cccc([C@@H]3CCc4nncn4C3)c2)s1. The first-order chi connectivity index (χ1) is 13.1. The number of benzene rings is 1. The van der Waals surface area contributed by atoms with Gasteiger partial charge in [0, 0.05) is 31.1 Å². The maximum atomic E-state index is 12.7. The molecule has 3 heterocycles. The molecule has 0 saturated carbocycles. The van der Waals surface area contributed by atoms with Crippen molar-refractivity contribution in [2.24, 2.45) is 0 Å². The molecule has 1 aliphatic heterocycles. The van der Waals surface area contributed by atoms with Crippen LogP contribution in [0.4, 0.5) is 10.8 Å². The predicted octanol–water partition coefficient (Wildman–Crippen LogP) is 3.46. The second-order valence-electron chi connectivity index (χ2n) is 6.68. The lowest BCUT2D eigenvalue weighted by Crippen LogP contribution is -2.19. The van der Waals surface area contributed by atoms with Gasteiger partial charge < -0.3 is 15.2 Å². The summed E-state index contributed by atoms with van der Waals surface area (Å²) in [5.41, 5.74) is 2.78. The minimum absolute atomic E-state index is 0.115. The van der Waals surface area contributed by atoms with Gasteiger partial charge in [-0.3, -0.25) is 4.79 Å². The summed E-state index contributed by atoms with van der Waals surface area (Å²) in [6.45, 7) is 5.53. The van der Waals surface area contributed by atoms with Gasteiger partial charge in [-0.1, -0.05) is 23.5 Å². The fourth-order valence-electron chi connectivity index (χ4n) is 3.42. The second-order valence-corrected chi connectivity index (χ2v) is 7.68. The van der Waals surface area contributed by atoms with E-state index >= 15 is 0 Å². The number of rotatable bonds is 5. The van der Waals surface area contributed by atoms with Crippen molar-refractivity contribution in [3.63, 3.8) is 0 Å². The molecule has 0 aliphatic carbocycles. The number of thiazole rings is 1. The number of hydrogen-bond donors (Lipinski definition) is 2. The maximum Gasteiger partial charge on any atom is 0.267 e. The molecule has 7 nitrogen and oxygen atoms in total. The molecule has 8 heteroatoms. The Kier molecular flexibility index (Phi) is 4.89. The highest BCUT2D eigenvalue weighted by atomic mass is 32.1. The van der Waals surface area contributed by atoms with Crippen LogP contribution in [-0.4, -0.2) is 32.2 Å². The quantitative estimate of drug-likeness (QED) is 0.706. The zero-order valence-corrected chi connectivity index (χ0v) is 16.2. The van der Waals surface area contributed by atoms with Gasteiger partial charge in [-0.15, -0.1) is 10.2 Å². The van der Waals surface area contributed by atoms with Crippen LogP contribution in [-0.2, 0) is 13.0 Å². The molecule has 140 valence electrons. The molecule has 0 spiro atoms. The van der Waals surface area contributed by atoms with Crippen LogP contribution in [0.3, 0.4) is 0 Å². The van der Waals surface area contributed by atoms with Crippen molar-refractivity contribution in [3.05, 3.63) is 52.6 Å². The molecule has 0 bridgehead atoms. The first kappa shape index (κ1) is 17.7. The highest BCUT2D eigenvalue weighted by Gasteiger charge is 2.21. The molecular weight excluding hydrogens is 360 g/mol. The number of hydrogen-bond acceptors (Lipinski definition) is 6. The average molecular weight is 382 g/mol. The minimum atomic E-state index is -0.115. The summed E-state index contributed by atoms with van der Waals surface area (Å²) in [6.07, 6.45) is 3.76. The number of nitrogens with one attached hydrogen (secondary N) is 2. The lowest BCUT2D eigenvalue weighted by Gasteiger charge is -2.23. The third-order valence-electron chi connectivity index (χ3n) is 4.78. The largest absolute Gasteiger partial charge is 0.362 e. The van der Waals surface area contributed by atoms with Gasteiger partial charge in [-0.2, -0.15) is 0 Å². The van der Waals surface area contributed by atoms with Gasteiger partial charge in [0.25, 0.3) is 5.91 Å². The van der Waals surface area contributed by atoms with E-state index in [0.29, 0.717) is 10.8 Å². The minimum Gasteiger partial charge on any atom is -0.362 e. The molecule has 1 amide bonds. The summed E-state index contributed by atoms with van der Waals surface area (Å²) in [7, 11) is 0. The fourth-order valence-corrected chi connectivity index (χ4v) is 4.35. The van der Waals surface area contributed by atoms with Crippen LogP contribution >= 0.6 is 11.3 Å². The van der Waals surface area contributed by atoms with Crippen molar-refractivity contribution in [1.29, 1.82) is 0 Å². The van der Waals surface area contributed by atoms with Crippen molar-refractivity contribution < 1.29 is 4.79 Å². The molecule has 27 heavy (non-hydrogen) atoms. The maximum absolute atomic E-state index is 12.7. The average Bonchev–Trinajstić information content (AvgIpc) is 3.28. The van der Waals surface area contributed by atoms with E-state index < -0.39 is 0 Å². The predicted molar refractivity (Wildman–Crippen MR) is 106 cm³/mol. The summed E-state index contributed by atoms with van der Waals surface area (Å²) in [6, 6.07) is 8.11. The van der Waals surface area contributed by atoms with Crippen LogP contribution in [0.1, 0.15) is 46.0 Å². The zero-order chi connectivity index (χ0) is 18.8. The summed E-state index contributed by atoms with van der Waals surface area (Å²) in [5, 5.41) is 15.1. The Balaban J connectivity index is 1.49. The Hall–Kier alpha value is -2.74. The van der Waals surface area contributed by atoms with Crippen molar-refractivity contribution >= 4 is 28.1 Å². The van der Waals surface area contributed by atoms with Crippen molar-refractivity contribution in [3.8, 4) is 0 Å². The molecule has 0 fully saturated rings. The van der Waals surface area contributed by atoms with Gasteiger partial charge in [0.2, 0.25) is 0 Å². The summed E-state index contributed by atoms with van der Waals surface area (Å²) >= 11 is 1.39. The number of amides is 1. The van der Waals surface area contributed by atoms with E-state index in [4.69, 9.17) is 0 Å². The third-order valence-corrected chi connectivity index (χ3v) is 5.89. The van der Waals surface area contributed by atoms with E-state index in [1.165, 1.54) is 16.9 Å². The van der Waals surface area contributed by atoms with Gasteiger partial charge in [0.05, 0.1) is 5.69 Å². The fraction of sp³-hybridized carbons (Fsp3) is 0.368. The second kappa shape index (κ2) is 7.48. The molecular formula is C19H22N6OS. The van der Waals surface area contributed by atoms with Crippen LogP contribution in [0.5, 0.6) is 0 Å². The zero-order valence-electron chi connectivity index (χ0n) is 15.4. The molecule has 1 aromatic carbocycles. The molecule has 2 N–H and O–H groups in total. The van der Waals surface area contributed by atoms with E-state index in [9.17, 15) is 4.79 Å². The standard InChI is InChI=1S/C19H22N6OS/c1-3-20-19-22-12(2)17(27-19)18(26)23-15-6-4-5-13(9-15)14-7-8-16-24-21-11-25(16)10-14/h4-6,9,11,14H,3,7-8,10H2,1-2H3,(H,20,22)(H,23,26)/t14-/m1/s1. The number of carbonyl (C=O) groups excluding carboxylic acids is 1. The first-order valence-electron chi connectivity index (χ1n) is 9.13. The number of nitrogens with zero attached hydrogens (tertiary/aromatic N) is 4. The molecule has 0 saturated heterocycles. The smallest absolute Gasteiger partial charge is 0.267 e. The molecule has 2 aromatic heterocycles. The van der Waals surface area contributed by atoms with Gasteiger partial charge >= 0.3 is 0 Å². The van der Waals surface area contributed by atoms with Gasteiger partial charge in [0.1, 0.15) is 17.0 Å². The van der Waals surface area contributed by atoms with E-state index in [2.05, 4.69) is 42.5 Å². The molecule has 4 rings (SSSR count). The highest BCUT2D eigenvalue weighted by Crippen LogP contribution is 2.30. The van der Waals surface area contributed by atoms with Crippen LogP contribution in [0.25, 0.3) is 0 Å². The molecule has 0 unspecified atom stereocenters. The lowest BCUT2D eigenvalue weighted by atomic mass is 9.91. The lowest BCUT2D eigenvalue weighted by molar-refractivity contribution is 0.103. The van der Waals surface area contributed by atoms with Gasteiger partial charge in [-0.05, 0) is 38.0 Å². The number of fused-ring (bicyclic) bond motifs is 1. The normalized spacial score (nSPS) is 16.0. The first-order valence-corrected chi connectivity index (χ1v) is 9.95. The highest BCUT2D eigenvalue weighted by molar-refractivity contribution is 7.17. The number of anilines is 2.